The molecule has 0 aliphatic heterocycles. The molecule has 8 aliphatic rings. The van der Waals surface area contributed by atoms with Crippen LogP contribution in [0.4, 0.5) is 0 Å². The Morgan fingerprint density at radius 2 is 0.792 bits per heavy atom. The van der Waals surface area contributed by atoms with Crippen LogP contribution in [-0.2, 0) is 10.8 Å². The first kappa shape index (κ1) is 35.9. The summed E-state index contributed by atoms with van der Waals surface area (Å²) in [6, 6.07) is 18.1. The molecule has 48 heavy (non-hydrogen) atoms. The van der Waals surface area contributed by atoms with E-state index in [1.165, 1.54) is 88.2 Å². The van der Waals surface area contributed by atoms with Crippen LogP contribution in [0.15, 0.2) is 60.7 Å². The number of rotatable bonds is 8. The molecule has 0 radical (unpaired) electrons. The molecule has 0 unspecified atom stereocenters. The van der Waals surface area contributed by atoms with Crippen LogP contribution < -0.4 is 9.47 Å². The van der Waals surface area contributed by atoms with Gasteiger partial charge < -0.3 is 19.7 Å². The van der Waals surface area contributed by atoms with Gasteiger partial charge in [0.15, 0.2) is 0 Å². The third kappa shape index (κ3) is 6.52. The second-order valence-electron chi connectivity index (χ2n) is 16.1. The van der Waals surface area contributed by atoms with E-state index in [-0.39, 0.29) is 125 Å². The van der Waals surface area contributed by atoms with Crippen molar-refractivity contribution < 1.29 is 29.3 Å². The second kappa shape index (κ2) is 13.8. The molecule has 0 spiro atoms. The molecule has 8 saturated carbocycles. The van der Waals surface area contributed by atoms with Crippen molar-refractivity contribution in [2.45, 2.75) is 87.9 Å². The third-order valence-corrected chi connectivity index (χ3v) is 13.0. The molecule has 8 aliphatic carbocycles. The van der Waals surface area contributed by atoms with E-state index in [0.29, 0.717) is 11.5 Å². The van der Waals surface area contributed by atoms with E-state index in [1.54, 1.807) is 48.5 Å². The summed E-state index contributed by atoms with van der Waals surface area (Å²) in [6.07, 6.45) is 15.5. The van der Waals surface area contributed by atoms with E-state index in [2.05, 4.69) is 12.1 Å². The quantitative estimate of drug-likeness (QED) is 0.230. The first-order valence-electron chi connectivity index (χ1n) is 17.4. The Morgan fingerprint density at radius 1 is 0.500 bits per heavy atom. The van der Waals surface area contributed by atoms with Crippen molar-refractivity contribution >= 4 is 115 Å². The van der Waals surface area contributed by atoms with E-state index < -0.39 is 11.9 Å². The third-order valence-electron chi connectivity index (χ3n) is 13.0. The topological polar surface area (TPSA) is 93.1 Å². The Morgan fingerprint density at radius 3 is 1.06 bits per heavy atom. The average Bonchev–Trinajstić information content (AvgIpc) is 3.00. The zero-order chi connectivity index (χ0) is 31.2. The number of ether oxygens (including phenoxy) is 2. The molecule has 0 amide bonds. The van der Waals surface area contributed by atoms with E-state index >= 15 is 0 Å². The minimum atomic E-state index is -0.953. The number of carbonyl (C=O) groups is 2. The summed E-state index contributed by atoms with van der Waals surface area (Å²) < 4.78 is 13.6. The molecule has 3 aromatic rings. The monoisotopic (exact) mass is 698 g/mol. The summed E-state index contributed by atoms with van der Waals surface area (Å²) in [6.45, 7) is 0. The number of hydrogen-bond donors (Lipinski definition) is 2. The first-order chi connectivity index (χ1) is 22.2. The second-order valence-corrected chi connectivity index (χ2v) is 16.1. The van der Waals surface area contributed by atoms with E-state index in [0.717, 1.165) is 47.0 Å². The molecular weight excluding hydrogens is 655 g/mol. The number of carboxylic acid groups (broad SMARTS) is 2. The fourth-order valence-corrected chi connectivity index (χ4v) is 12.0. The van der Waals surface area contributed by atoms with E-state index in [9.17, 15) is 19.8 Å². The first-order valence-corrected chi connectivity index (χ1v) is 17.4. The minimum absolute atomic E-state index is 0. The van der Waals surface area contributed by atoms with Crippen molar-refractivity contribution in [1.29, 1.82) is 0 Å². The summed E-state index contributed by atoms with van der Waals surface area (Å²) in [5.74, 6) is 5.64. The molecule has 0 atom stereocenters. The van der Waals surface area contributed by atoms with Crippen LogP contribution in [0, 0.1) is 35.5 Å². The zero-order valence-electron chi connectivity index (χ0n) is 26.3. The summed E-state index contributed by atoms with van der Waals surface area (Å²) >= 11 is 0. The Labute approximate surface area is 368 Å². The molecular formula is C40H44K2O6. The van der Waals surface area contributed by atoms with Crippen LogP contribution in [-0.4, -0.2) is 125 Å². The van der Waals surface area contributed by atoms with Gasteiger partial charge in [-0.3, -0.25) is 0 Å². The molecule has 11 rings (SSSR count). The molecule has 0 aromatic heterocycles. The van der Waals surface area contributed by atoms with Crippen molar-refractivity contribution in [2.75, 3.05) is 0 Å². The number of hydrogen-bond acceptors (Lipinski definition) is 4. The maximum absolute atomic E-state index is 11.6. The Bertz CT molecular complexity index is 1520. The van der Waals surface area contributed by atoms with Crippen LogP contribution in [0.5, 0.6) is 23.0 Å². The molecule has 3 aromatic carbocycles. The molecule has 0 saturated heterocycles. The molecule has 0 heterocycles. The Balaban J connectivity index is 0.00000182. The predicted octanol–water partition coefficient (Wildman–Crippen LogP) is 8.31. The number of carboxylic acids is 2. The van der Waals surface area contributed by atoms with E-state index in [1.807, 2.05) is 0 Å². The van der Waals surface area contributed by atoms with Gasteiger partial charge in [0.1, 0.15) is 23.0 Å². The van der Waals surface area contributed by atoms with Crippen molar-refractivity contribution in [3.05, 3.63) is 82.9 Å². The fraction of sp³-hybridized carbons (Fsp3) is 0.500. The van der Waals surface area contributed by atoms with Crippen molar-refractivity contribution in [1.82, 2.24) is 0 Å². The van der Waals surface area contributed by atoms with Crippen molar-refractivity contribution in [2.24, 2.45) is 35.5 Å². The standard InChI is InChI=1S/C40H42O6.2K.2H/c41-37(42)29-1-5-31(6-2-29)45-35-16-36(46-32-7-3-30(4-8-32)38(43)44)34(40-20-26-12-27(21-40)14-28(13-26)22-40)15-33(35)39-17-23-9-24(18-39)11-25(10-23)19-39;;;;/h1-8,15-16,23-28H,9-14,17-22H2,(H,41,42)(H,43,44);;;;. The fourth-order valence-electron chi connectivity index (χ4n) is 12.0. The number of aromatic carboxylic acids is 2. The molecule has 8 heteroatoms. The molecule has 6 nitrogen and oxygen atoms in total. The van der Waals surface area contributed by atoms with Gasteiger partial charge in [0, 0.05) is 17.2 Å². The molecule has 8 fully saturated rings. The van der Waals surface area contributed by atoms with Gasteiger partial charge in [0.2, 0.25) is 0 Å². The predicted molar refractivity (Wildman–Crippen MR) is 187 cm³/mol. The van der Waals surface area contributed by atoms with Gasteiger partial charge in [-0.1, -0.05) is 0 Å². The summed E-state index contributed by atoms with van der Waals surface area (Å²) in [7, 11) is 0. The Kier molecular flexibility index (Phi) is 10.3. The molecule has 242 valence electrons. The van der Waals surface area contributed by atoms with Crippen molar-refractivity contribution in [3.63, 3.8) is 0 Å². The zero-order valence-corrected chi connectivity index (χ0v) is 26.3. The van der Waals surface area contributed by atoms with Gasteiger partial charge in [-0.15, -0.1) is 0 Å². The van der Waals surface area contributed by atoms with Crippen LogP contribution >= 0.6 is 0 Å². The normalized spacial score (nSPS) is 33.4. The average molecular weight is 699 g/mol. The van der Waals surface area contributed by atoms with Crippen LogP contribution in [0.25, 0.3) is 0 Å². The van der Waals surface area contributed by atoms with Gasteiger partial charge >= 0.3 is 115 Å². The van der Waals surface area contributed by atoms with Gasteiger partial charge in [-0.25, -0.2) is 9.59 Å². The van der Waals surface area contributed by atoms with E-state index in [4.69, 9.17) is 9.47 Å². The molecule has 8 bridgehead atoms. The number of benzene rings is 3. The van der Waals surface area contributed by atoms with Gasteiger partial charge in [-0.2, -0.15) is 0 Å². The van der Waals surface area contributed by atoms with Gasteiger partial charge in [0.05, 0.1) is 11.1 Å². The summed E-state index contributed by atoms with van der Waals surface area (Å²) in [5.41, 5.74) is 3.30. The van der Waals surface area contributed by atoms with Gasteiger partial charge in [-0.05, 0) is 178 Å². The maximum atomic E-state index is 11.6. The molecule has 2 N–H and O–H groups in total. The SMILES string of the molecule is O=C(O)c1ccc(Oc2cc(Oc3ccc(C(=O)O)cc3)c(C34CC5CC(CC(C5)C3)C4)cc2C23CC4CC(CC(C4)C2)C3)cc1.[KH].[KH]. The summed E-state index contributed by atoms with van der Waals surface area (Å²) in [4.78, 5) is 23.1. The van der Waals surface area contributed by atoms with Crippen LogP contribution in [0.3, 0.4) is 0 Å². The van der Waals surface area contributed by atoms with Crippen molar-refractivity contribution in [3.8, 4) is 23.0 Å². The Hall–Kier alpha value is -0.527. The van der Waals surface area contributed by atoms with Crippen LogP contribution in [0.1, 0.15) is 109 Å². The van der Waals surface area contributed by atoms with Gasteiger partial charge in [0.25, 0.3) is 0 Å². The summed E-state index contributed by atoms with van der Waals surface area (Å²) in [5, 5.41) is 19.0. The van der Waals surface area contributed by atoms with Crippen LogP contribution in [0.2, 0.25) is 0 Å².